The predicted molar refractivity (Wildman–Crippen MR) is 125 cm³/mol. The summed E-state index contributed by atoms with van der Waals surface area (Å²) in [6.45, 7) is 1.46. The molecule has 0 aliphatic heterocycles. The fourth-order valence-corrected chi connectivity index (χ4v) is 6.49. The fraction of sp³-hybridized carbons (Fsp3) is 0.0769. The van der Waals surface area contributed by atoms with Gasteiger partial charge in [-0.2, -0.15) is 0 Å². The van der Waals surface area contributed by atoms with Crippen LogP contribution < -0.4 is 15.7 Å². The number of nitrogens with zero attached hydrogens (tertiary/aromatic N) is 1. The van der Waals surface area contributed by atoms with Crippen molar-refractivity contribution in [1.29, 1.82) is 0 Å². The van der Waals surface area contributed by atoms with Gasteiger partial charge < -0.3 is 0 Å². The predicted octanol–water partition coefficient (Wildman–Crippen LogP) is 5.74. The topological polar surface area (TPSA) is 24.4 Å². The summed E-state index contributed by atoms with van der Waals surface area (Å²) in [7, 11) is -2.16. The van der Waals surface area contributed by atoms with Crippen LogP contribution in [0.5, 0.6) is 0 Å². The fourth-order valence-electron chi connectivity index (χ4n) is 3.41. The Labute approximate surface area is 173 Å². The molecule has 144 valence electrons. The van der Waals surface area contributed by atoms with E-state index in [4.69, 9.17) is 4.74 Å². The first-order valence-electron chi connectivity index (χ1n) is 9.89. The molecule has 29 heavy (non-hydrogen) atoms. The summed E-state index contributed by atoms with van der Waals surface area (Å²) < 4.78 is 5.38. The van der Waals surface area contributed by atoms with E-state index in [1.54, 1.807) is 0 Å². The summed E-state index contributed by atoms with van der Waals surface area (Å²) in [5.74, 6) is 0. The number of nitrogens with one attached hydrogen (secondary N) is 1. The zero-order chi connectivity index (χ0) is 19.8. The van der Waals surface area contributed by atoms with Gasteiger partial charge in [0.15, 0.2) is 0 Å². The normalized spacial score (nSPS) is 11.2. The Morgan fingerprint density at radius 1 is 0.517 bits per heavy atom. The van der Waals surface area contributed by atoms with E-state index in [9.17, 15) is 0 Å². The highest BCUT2D eigenvalue weighted by atomic mass is 31.2. The molecule has 0 radical (unpaired) electrons. The third kappa shape index (κ3) is 4.74. The van der Waals surface area contributed by atoms with Gasteiger partial charge in [-0.25, -0.2) is 0 Å². The smallest absolute Gasteiger partial charge is 0.0869 e. The summed E-state index contributed by atoms with van der Waals surface area (Å²) in [5, 5.41) is 6.39. The Hall–Kier alpha value is -2.93. The van der Waals surface area contributed by atoms with Crippen LogP contribution >= 0.6 is 7.21 Å². The maximum atomic E-state index is 5.38. The van der Waals surface area contributed by atoms with Crippen LogP contribution in [-0.4, -0.2) is 0 Å². The SMILES string of the molecule is c1ccc(CN=P(NCc2ccccc2)(c2ccccc2)c2ccccc2)cc1. The van der Waals surface area contributed by atoms with Crippen LogP contribution in [0.4, 0.5) is 0 Å². The summed E-state index contributed by atoms with van der Waals surface area (Å²) in [6, 6.07) is 42.4. The quantitative estimate of drug-likeness (QED) is 0.396. The highest BCUT2D eigenvalue weighted by Gasteiger charge is 2.24. The summed E-state index contributed by atoms with van der Waals surface area (Å²) in [4.78, 5) is 0. The van der Waals surface area contributed by atoms with Crippen molar-refractivity contribution in [2.75, 3.05) is 0 Å². The highest BCUT2D eigenvalue weighted by Crippen LogP contribution is 2.44. The van der Waals surface area contributed by atoms with E-state index in [0.29, 0.717) is 6.54 Å². The van der Waals surface area contributed by atoms with Crippen LogP contribution in [0.15, 0.2) is 126 Å². The van der Waals surface area contributed by atoms with E-state index in [1.807, 2.05) is 6.07 Å². The van der Waals surface area contributed by atoms with Crippen LogP contribution in [0.25, 0.3) is 0 Å². The number of benzene rings is 4. The molecule has 2 nitrogen and oxygen atoms in total. The first-order valence-corrected chi connectivity index (χ1v) is 11.6. The first-order chi connectivity index (χ1) is 14.4. The molecule has 0 amide bonds. The van der Waals surface area contributed by atoms with Gasteiger partial charge in [-0.15, -0.1) is 0 Å². The number of hydrogen-bond acceptors (Lipinski definition) is 1. The van der Waals surface area contributed by atoms with Gasteiger partial charge in [0.2, 0.25) is 0 Å². The maximum Gasteiger partial charge on any atom is 0.0869 e. The van der Waals surface area contributed by atoms with E-state index in [-0.39, 0.29) is 0 Å². The van der Waals surface area contributed by atoms with Crippen LogP contribution in [-0.2, 0) is 13.1 Å². The molecule has 1 N–H and O–H groups in total. The summed E-state index contributed by atoms with van der Waals surface area (Å²) in [5.41, 5.74) is 2.49. The van der Waals surface area contributed by atoms with Crippen molar-refractivity contribution in [1.82, 2.24) is 5.09 Å². The van der Waals surface area contributed by atoms with Crippen molar-refractivity contribution in [3.63, 3.8) is 0 Å². The van der Waals surface area contributed by atoms with Gasteiger partial charge in [0.05, 0.1) is 13.7 Å². The van der Waals surface area contributed by atoms with Crippen LogP contribution in [0.1, 0.15) is 11.1 Å². The van der Waals surface area contributed by atoms with Crippen LogP contribution in [0.3, 0.4) is 0 Å². The number of hydrogen-bond donors (Lipinski definition) is 1. The van der Waals surface area contributed by atoms with E-state index in [2.05, 4.69) is 120 Å². The molecule has 0 saturated heterocycles. The average Bonchev–Trinajstić information content (AvgIpc) is 2.82. The van der Waals surface area contributed by atoms with Gasteiger partial charge in [-0.1, -0.05) is 121 Å². The molecule has 0 atom stereocenters. The second-order valence-corrected chi connectivity index (χ2v) is 9.81. The monoisotopic (exact) mass is 396 g/mol. The molecule has 0 fully saturated rings. The Morgan fingerprint density at radius 2 is 0.931 bits per heavy atom. The highest BCUT2D eigenvalue weighted by molar-refractivity contribution is 7.79. The van der Waals surface area contributed by atoms with Crippen molar-refractivity contribution < 1.29 is 0 Å². The van der Waals surface area contributed by atoms with Crippen LogP contribution in [0, 0.1) is 0 Å². The van der Waals surface area contributed by atoms with Crippen molar-refractivity contribution in [2.24, 2.45) is 4.74 Å². The molecule has 0 saturated carbocycles. The molecular formula is C26H25N2P. The summed E-state index contributed by atoms with van der Waals surface area (Å²) >= 11 is 0. The first kappa shape index (κ1) is 19.4. The zero-order valence-electron chi connectivity index (χ0n) is 16.4. The van der Waals surface area contributed by atoms with Gasteiger partial charge in [0.25, 0.3) is 0 Å². The summed E-state index contributed by atoms with van der Waals surface area (Å²) in [6.07, 6.45) is 0. The molecule has 0 unspecified atom stereocenters. The lowest BCUT2D eigenvalue weighted by atomic mass is 10.2. The molecule has 0 aromatic heterocycles. The molecule has 4 rings (SSSR count). The van der Waals surface area contributed by atoms with Gasteiger partial charge in [0, 0.05) is 17.2 Å². The lowest BCUT2D eigenvalue weighted by Crippen LogP contribution is -2.28. The second kappa shape index (κ2) is 9.52. The molecule has 0 aliphatic carbocycles. The van der Waals surface area contributed by atoms with Crippen molar-refractivity contribution in [3.05, 3.63) is 132 Å². The molecule has 0 heterocycles. The molecular weight excluding hydrogens is 371 g/mol. The van der Waals surface area contributed by atoms with Gasteiger partial charge in [-0.05, 0) is 11.1 Å². The third-order valence-corrected chi connectivity index (χ3v) is 8.20. The van der Waals surface area contributed by atoms with Gasteiger partial charge >= 0.3 is 0 Å². The lowest BCUT2D eigenvalue weighted by molar-refractivity contribution is 0.948. The Morgan fingerprint density at radius 3 is 1.41 bits per heavy atom. The zero-order valence-corrected chi connectivity index (χ0v) is 17.3. The molecule has 4 aromatic carbocycles. The van der Waals surface area contributed by atoms with Gasteiger partial charge in [0.1, 0.15) is 0 Å². The molecule has 0 spiro atoms. The van der Waals surface area contributed by atoms with E-state index >= 15 is 0 Å². The number of rotatable bonds is 7. The van der Waals surface area contributed by atoms with E-state index in [1.165, 1.54) is 21.7 Å². The molecule has 3 heteroatoms. The lowest BCUT2D eigenvalue weighted by Gasteiger charge is -2.27. The maximum absolute atomic E-state index is 5.38. The minimum absolute atomic E-state index is 0.681. The molecule has 0 aliphatic rings. The molecule has 4 aromatic rings. The minimum atomic E-state index is -2.16. The largest absolute Gasteiger partial charge is 0.274 e. The molecule has 0 bridgehead atoms. The Bertz CT molecular complexity index is 1020. The van der Waals surface area contributed by atoms with E-state index in [0.717, 1.165) is 6.54 Å². The van der Waals surface area contributed by atoms with Crippen LogP contribution in [0.2, 0.25) is 0 Å². The Balaban J connectivity index is 1.82. The minimum Gasteiger partial charge on any atom is -0.274 e. The Kier molecular flexibility index (Phi) is 6.36. The van der Waals surface area contributed by atoms with Gasteiger partial charge in [-0.3, -0.25) is 9.83 Å². The standard InChI is InChI=1S/C26H25N2P/c1-5-13-23(14-6-1)21-27-29(25-17-9-3-10-18-25,26-19-11-4-12-20-26)28-22-24-15-7-2-8-16-24/h1-20,27H,21-22H2. The van der Waals surface area contributed by atoms with Crippen molar-refractivity contribution in [2.45, 2.75) is 13.1 Å². The van der Waals surface area contributed by atoms with E-state index < -0.39 is 7.21 Å². The third-order valence-electron chi connectivity index (χ3n) is 4.92. The van der Waals surface area contributed by atoms with Crippen molar-refractivity contribution in [3.8, 4) is 0 Å². The average molecular weight is 396 g/mol. The second-order valence-electron chi connectivity index (χ2n) is 6.91. The van der Waals surface area contributed by atoms with Crippen molar-refractivity contribution >= 4 is 17.8 Å².